The van der Waals surface area contributed by atoms with Crippen LogP contribution in [-0.4, -0.2) is 0 Å². The SMILES string of the molecule is NCc1ccc(-c2cc(F)ccc2F)s1. The zero-order valence-electron chi connectivity index (χ0n) is 7.84. The predicted octanol–water partition coefficient (Wildman–Crippen LogP) is 3.15. The van der Waals surface area contributed by atoms with Crippen molar-refractivity contribution in [1.82, 2.24) is 0 Å². The van der Waals surface area contributed by atoms with Crippen LogP contribution >= 0.6 is 11.3 Å². The van der Waals surface area contributed by atoms with Gasteiger partial charge < -0.3 is 5.73 Å². The lowest BCUT2D eigenvalue weighted by atomic mass is 10.2. The molecule has 0 unspecified atom stereocenters. The van der Waals surface area contributed by atoms with Crippen molar-refractivity contribution in [1.29, 1.82) is 0 Å². The second-order valence-electron chi connectivity index (χ2n) is 3.09. The highest BCUT2D eigenvalue weighted by Gasteiger charge is 2.08. The summed E-state index contributed by atoms with van der Waals surface area (Å²) in [6.07, 6.45) is 0. The molecule has 0 amide bonds. The Morgan fingerprint density at radius 2 is 1.93 bits per heavy atom. The summed E-state index contributed by atoms with van der Waals surface area (Å²) in [5.74, 6) is -0.851. The van der Waals surface area contributed by atoms with E-state index in [9.17, 15) is 8.78 Å². The first-order chi connectivity index (χ1) is 7.20. The Labute approximate surface area is 90.2 Å². The molecule has 1 aromatic carbocycles. The third kappa shape index (κ3) is 2.06. The molecule has 2 rings (SSSR count). The minimum atomic E-state index is -0.436. The monoisotopic (exact) mass is 225 g/mol. The number of benzene rings is 1. The number of hydrogen-bond acceptors (Lipinski definition) is 2. The van der Waals surface area contributed by atoms with E-state index >= 15 is 0 Å². The molecular weight excluding hydrogens is 216 g/mol. The third-order valence-electron chi connectivity index (χ3n) is 2.06. The molecule has 0 aliphatic heterocycles. The van der Waals surface area contributed by atoms with Crippen LogP contribution < -0.4 is 5.73 Å². The fourth-order valence-corrected chi connectivity index (χ4v) is 2.22. The molecule has 0 spiro atoms. The van der Waals surface area contributed by atoms with E-state index in [0.29, 0.717) is 17.0 Å². The summed E-state index contributed by atoms with van der Waals surface area (Å²) in [7, 11) is 0. The molecule has 2 N–H and O–H groups in total. The van der Waals surface area contributed by atoms with Crippen LogP contribution in [0.15, 0.2) is 30.3 Å². The molecule has 0 saturated carbocycles. The van der Waals surface area contributed by atoms with Crippen LogP contribution in [0.2, 0.25) is 0 Å². The van der Waals surface area contributed by atoms with Gasteiger partial charge in [-0.05, 0) is 30.3 Å². The van der Waals surface area contributed by atoms with Gasteiger partial charge in [0.05, 0.1) is 0 Å². The van der Waals surface area contributed by atoms with Gasteiger partial charge >= 0.3 is 0 Å². The smallest absolute Gasteiger partial charge is 0.132 e. The molecule has 1 nitrogen and oxygen atoms in total. The lowest BCUT2D eigenvalue weighted by Gasteiger charge is -1.99. The van der Waals surface area contributed by atoms with Gasteiger partial charge in [-0.1, -0.05) is 0 Å². The molecule has 1 aromatic heterocycles. The Morgan fingerprint density at radius 3 is 2.60 bits per heavy atom. The Balaban J connectivity index is 2.48. The van der Waals surface area contributed by atoms with E-state index < -0.39 is 11.6 Å². The first-order valence-electron chi connectivity index (χ1n) is 4.45. The fraction of sp³-hybridized carbons (Fsp3) is 0.0909. The molecule has 0 aliphatic carbocycles. The maximum absolute atomic E-state index is 13.4. The summed E-state index contributed by atoms with van der Waals surface area (Å²) in [6, 6.07) is 7.01. The molecule has 0 atom stereocenters. The molecule has 0 saturated heterocycles. The van der Waals surface area contributed by atoms with E-state index in [4.69, 9.17) is 5.73 Å². The van der Waals surface area contributed by atoms with E-state index in [1.165, 1.54) is 17.4 Å². The van der Waals surface area contributed by atoms with Gasteiger partial charge in [0.1, 0.15) is 11.6 Å². The summed E-state index contributed by atoms with van der Waals surface area (Å²) in [4.78, 5) is 1.65. The molecule has 0 aliphatic rings. The number of thiophene rings is 1. The number of halogens is 2. The first kappa shape index (κ1) is 10.3. The van der Waals surface area contributed by atoms with Gasteiger partial charge in [-0.25, -0.2) is 8.78 Å². The van der Waals surface area contributed by atoms with E-state index in [2.05, 4.69) is 0 Å². The van der Waals surface area contributed by atoms with Crippen molar-refractivity contribution < 1.29 is 8.78 Å². The minimum absolute atomic E-state index is 0.291. The van der Waals surface area contributed by atoms with Gasteiger partial charge in [0.15, 0.2) is 0 Å². The second-order valence-corrected chi connectivity index (χ2v) is 4.26. The third-order valence-corrected chi connectivity index (χ3v) is 3.20. The highest BCUT2D eigenvalue weighted by Crippen LogP contribution is 2.30. The zero-order valence-corrected chi connectivity index (χ0v) is 8.65. The summed E-state index contributed by atoms with van der Waals surface area (Å²) in [5, 5.41) is 0. The maximum Gasteiger partial charge on any atom is 0.132 e. The number of nitrogens with two attached hydrogens (primary N) is 1. The lowest BCUT2D eigenvalue weighted by molar-refractivity contribution is 0.603. The van der Waals surface area contributed by atoms with Gasteiger partial charge in [-0.2, -0.15) is 0 Å². The maximum atomic E-state index is 13.4. The largest absolute Gasteiger partial charge is 0.326 e. The molecule has 0 bridgehead atoms. The van der Waals surface area contributed by atoms with Crippen molar-refractivity contribution in [2.75, 3.05) is 0 Å². The van der Waals surface area contributed by atoms with Crippen LogP contribution in [0.4, 0.5) is 8.78 Å². The predicted molar refractivity (Wildman–Crippen MR) is 57.6 cm³/mol. The number of hydrogen-bond donors (Lipinski definition) is 1. The van der Waals surface area contributed by atoms with Crippen LogP contribution in [0.5, 0.6) is 0 Å². The van der Waals surface area contributed by atoms with Crippen LogP contribution in [-0.2, 0) is 6.54 Å². The van der Waals surface area contributed by atoms with Crippen molar-refractivity contribution in [3.8, 4) is 10.4 Å². The van der Waals surface area contributed by atoms with Crippen molar-refractivity contribution in [2.45, 2.75) is 6.54 Å². The van der Waals surface area contributed by atoms with E-state index in [1.54, 1.807) is 6.07 Å². The summed E-state index contributed by atoms with van der Waals surface area (Å²) < 4.78 is 26.3. The van der Waals surface area contributed by atoms with Crippen molar-refractivity contribution >= 4 is 11.3 Å². The van der Waals surface area contributed by atoms with Gasteiger partial charge in [-0.3, -0.25) is 0 Å². The molecule has 4 heteroatoms. The molecular formula is C11H9F2NS. The summed E-state index contributed by atoms with van der Waals surface area (Å²) >= 11 is 1.38. The molecule has 0 fully saturated rings. The Bertz CT molecular complexity index is 479. The first-order valence-corrected chi connectivity index (χ1v) is 5.26. The van der Waals surface area contributed by atoms with Gasteiger partial charge in [-0.15, -0.1) is 11.3 Å². The molecule has 1 heterocycles. The Kier molecular flexibility index (Phi) is 2.79. The molecule has 15 heavy (non-hydrogen) atoms. The summed E-state index contributed by atoms with van der Waals surface area (Å²) in [5.41, 5.74) is 5.74. The quantitative estimate of drug-likeness (QED) is 0.834. The highest BCUT2D eigenvalue weighted by molar-refractivity contribution is 7.15. The minimum Gasteiger partial charge on any atom is -0.326 e. The van der Waals surface area contributed by atoms with Crippen LogP contribution in [0, 0.1) is 11.6 Å². The Morgan fingerprint density at radius 1 is 1.13 bits per heavy atom. The highest BCUT2D eigenvalue weighted by atomic mass is 32.1. The van der Waals surface area contributed by atoms with E-state index in [0.717, 1.165) is 17.0 Å². The average Bonchev–Trinajstić information content (AvgIpc) is 2.70. The van der Waals surface area contributed by atoms with Gasteiger partial charge in [0, 0.05) is 21.9 Å². The fourth-order valence-electron chi connectivity index (χ4n) is 1.32. The van der Waals surface area contributed by atoms with Crippen LogP contribution in [0.25, 0.3) is 10.4 Å². The van der Waals surface area contributed by atoms with E-state index in [1.807, 2.05) is 6.07 Å². The van der Waals surface area contributed by atoms with Crippen molar-refractivity contribution in [2.24, 2.45) is 5.73 Å². The van der Waals surface area contributed by atoms with E-state index in [-0.39, 0.29) is 0 Å². The number of rotatable bonds is 2. The summed E-state index contributed by atoms with van der Waals surface area (Å²) in [6.45, 7) is 0.418. The normalized spacial score (nSPS) is 10.6. The van der Waals surface area contributed by atoms with Crippen LogP contribution in [0.1, 0.15) is 4.88 Å². The lowest BCUT2D eigenvalue weighted by Crippen LogP contribution is -1.91. The van der Waals surface area contributed by atoms with Crippen LogP contribution in [0.3, 0.4) is 0 Å². The average molecular weight is 225 g/mol. The molecule has 0 radical (unpaired) electrons. The second kappa shape index (κ2) is 4.08. The molecule has 78 valence electrons. The van der Waals surface area contributed by atoms with Gasteiger partial charge in [0.25, 0.3) is 0 Å². The standard InChI is InChI=1S/C11H9F2NS/c12-7-1-3-10(13)9(5-7)11-4-2-8(6-14)15-11/h1-5H,6,14H2. The van der Waals surface area contributed by atoms with Crippen molar-refractivity contribution in [3.63, 3.8) is 0 Å². The van der Waals surface area contributed by atoms with Crippen molar-refractivity contribution in [3.05, 3.63) is 46.8 Å². The Hall–Kier alpha value is -1.26. The zero-order chi connectivity index (χ0) is 10.8. The topological polar surface area (TPSA) is 26.0 Å². The molecule has 2 aromatic rings. The van der Waals surface area contributed by atoms with Gasteiger partial charge in [0.2, 0.25) is 0 Å².